The number of aryl methyl sites for hydroxylation is 1. The molecule has 0 aliphatic heterocycles. The molecular formula is C14H16FeO-6. The van der Waals surface area contributed by atoms with Crippen molar-refractivity contribution in [2.45, 2.75) is 20.3 Å². The van der Waals surface area contributed by atoms with E-state index in [1.807, 2.05) is 48.5 Å². The summed E-state index contributed by atoms with van der Waals surface area (Å²) in [7, 11) is 0. The van der Waals surface area contributed by atoms with Crippen LogP contribution in [0.5, 0.6) is 0 Å². The second kappa shape index (κ2) is 8.09. The summed E-state index contributed by atoms with van der Waals surface area (Å²) in [6.45, 7) is 3.67. The summed E-state index contributed by atoms with van der Waals surface area (Å²) in [5, 5.41) is 0. The Morgan fingerprint density at radius 3 is 2.00 bits per heavy atom. The summed E-state index contributed by atoms with van der Waals surface area (Å²) >= 11 is 0. The quantitative estimate of drug-likeness (QED) is 0.456. The fourth-order valence-corrected chi connectivity index (χ4v) is 1.25. The monoisotopic (exact) mass is 256 g/mol. The van der Waals surface area contributed by atoms with E-state index < -0.39 is 0 Å². The average molecular weight is 256 g/mol. The molecule has 92 valence electrons. The Hall–Kier alpha value is -1.11. The molecule has 2 aromatic carbocycles. The summed E-state index contributed by atoms with van der Waals surface area (Å²) in [6.07, 6.45) is 1.01. The third-order valence-electron chi connectivity index (χ3n) is 2.19. The standard InChI is InChI=1S/C9H11O.C5H5.Fe/c1-3-8-4-5-9(6-8)7(2)10;1-2-4-5-3-1;/h4-6H,3H2,1-2H3;1-5H;/q-1;-5;. The maximum Gasteiger partial charge on any atom is 0.0945 e. The number of ketones is 1. The number of hydrogen-bond donors (Lipinski definition) is 0. The van der Waals surface area contributed by atoms with Crippen molar-refractivity contribution in [3.05, 3.63) is 59.7 Å². The van der Waals surface area contributed by atoms with E-state index in [2.05, 4.69) is 6.92 Å². The van der Waals surface area contributed by atoms with Crippen molar-refractivity contribution in [3.8, 4) is 0 Å². The van der Waals surface area contributed by atoms with Gasteiger partial charge in [-0.3, -0.25) is 0 Å². The van der Waals surface area contributed by atoms with E-state index in [0.29, 0.717) is 0 Å². The van der Waals surface area contributed by atoms with Gasteiger partial charge in [0.15, 0.2) is 0 Å². The van der Waals surface area contributed by atoms with Crippen LogP contribution in [0.1, 0.15) is 29.8 Å². The van der Waals surface area contributed by atoms with Crippen molar-refractivity contribution < 1.29 is 21.9 Å². The first-order valence-corrected chi connectivity index (χ1v) is 5.17. The van der Waals surface area contributed by atoms with Gasteiger partial charge in [0, 0.05) is 17.1 Å². The molecule has 0 saturated heterocycles. The van der Waals surface area contributed by atoms with Gasteiger partial charge in [0.05, 0.1) is 5.78 Å². The Kier molecular flexibility index (Phi) is 7.53. The molecule has 0 bridgehead atoms. The van der Waals surface area contributed by atoms with Gasteiger partial charge in [-0.2, -0.15) is 17.7 Å². The molecule has 1 nitrogen and oxygen atoms in total. The molecule has 0 saturated carbocycles. The Morgan fingerprint density at radius 1 is 1.25 bits per heavy atom. The van der Waals surface area contributed by atoms with E-state index in [0.717, 1.165) is 12.0 Å². The minimum Gasteiger partial charge on any atom is -0.748 e. The van der Waals surface area contributed by atoms with E-state index in [1.54, 1.807) is 6.92 Å². The minimum absolute atomic E-state index is 0. The molecule has 0 amide bonds. The van der Waals surface area contributed by atoms with Crippen LogP contribution in [0.15, 0.2) is 48.5 Å². The van der Waals surface area contributed by atoms with Gasteiger partial charge in [-0.15, -0.1) is 5.56 Å². The summed E-state index contributed by atoms with van der Waals surface area (Å²) in [6, 6.07) is 15.8. The van der Waals surface area contributed by atoms with Crippen LogP contribution in [-0.2, 0) is 23.5 Å². The number of carbonyl (C=O) groups is 1. The van der Waals surface area contributed by atoms with Crippen LogP contribution in [0.25, 0.3) is 0 Å². The average Bonchev–Trinajstić information content (AvgIpc) is 2.92. The van der Waals surface area contributed by atoms with E-state index in [-0.39, 0.29) is 22.9 Å². The third kappa shape index (κ3) is 5.11. The zero-order valence-corrected chi connectivity index (χ0v) is 10.7. The first-order valence-electron chi connectivity index (χ1n) is 5.17. The molecule has 0 aliphatic carbocycles. The SMILES string of the molecule is CC[c-]1ccc(C(C)=O)c1.[Fe].[cH-]1[cH-][cH-][cH-][cH-]1. The van der Waals surface area contributed by atoms with E-state index >= 15 is 0 Å². The number of hydrogen-bond acceptors (Lipinski definition) is 1. The van der Waals surface area contributed by atoms with Crippen LogP contribution in [-0.4, -0.2) is 5.78 Å². The van der Waals surface area contributed by atoms with Gasteiger partial charge in [-0.25, -0.2) is 6.07 Å². The molecule has 2 heteroatoms. The number of rotatable bonds is 2. The smallest absolute Gasteiger partial charge is 0.0945 e. The van der Waals surface area contributed by atoms with E-state index in [1.165, 1.54) is 5.56 Å². The zero-order chi connectivity index (χ0) is 11.1. The van der Waals surface area contributed by atoms with Gasteiger partial charge in [-0.05, 0) is 6.92 Å². The van der Waals surface area contributed by atoms with E-state index in [4.69, 9.17) is 0 Å². The van der Waals surface area contributed by atoms with E-state index in [9.17, 15) is 4.79 Å². The Labute approximate surface area is 108 Å². The molecule has 0 N–H and O–H groups in total. The predicted molar refractivity (Wildman–Crippen MR) is 63.5 cm³/mol. The Bertz CT molecular complexity index is 367. The molecule has 0 unspecified atom stereocenters. The molecule has 16 heavy (non-hydrogen) atoms. The van der Waals surface area contributed by atoms with Crippen LogP contribution in [0, 0.1) is 0 Å². The second-order valence-corrected chi connectivity index (χ2v) is 3.38. The topological polar surface area (TPSA) is 17.1 Å². The van der Waals surface area contributed by atoms with Gasteiger partial charge >= 0.3 is 0 Å². The fourth-order valence-electron chi connectivity index (χ4n) is 1.25. The summed E-state index contributed by atoms with van der Waals surface area (Å²) in [5.74, 6) is 0.153. The summed E-state index contributed by atoms with van der Waals surface area (Å²) in [5.41, 5.74) is 2.07. The normalized spacial score (nSPS) is 8.62. The van der Waals surface area contributed by atoms with Gasteiger partial charge in [0.2, 0.25) is 0 Å². The Morgan fingerprint density at radius 2 is 1.75 bits per heavy atom. The van der Waals surface area contributed by atoms with Gasteiger partial charge < -0.3 is 35.1 Å². The van der Waals surface area contributed by atoms with Crippen molar-refractivity contribution in [2.75, 3.05) is 0 Å². The predicted octanol–water partition coefficient (Wildman–Crippen LogP) is 3.57. The van der Waals surface area contributed by atoms with Gasteiger partial charge in [0.25, 0.3) is 0 Å². The fraction of sp³-hybridized carbons (Fsp3) is 0.214. The van der Waals surface area contributed by atoms with Crippen molar-refractivity contribution in [3.63, 3.8) is 0 Å². The molecule has 0 heterocycles. The summed E-state index contributed by atoms with van der Waals surface area (Å²) in [4.78, 5) is 10.8. The van der Waals surface area contributed by atoms with Crippen LogP contribution >= 0.6 is 0 Å². The van der Waals surface area contributed by atoms with Crippen molar-refractivity contribution in [2.24, 2.45) is 0 Å². The number of Topliss-reactive ketones (excluding diaryl/α,β-unsaturated/α-hetero) is 1. The maximum atomic E-state index is 10.8. The maximum absolute atomic E-state index is 10.8. The first kappa shape index (κ1) is 14.9. The van der Waals surface area contributed by atoms with Crippen LogP contribution in [0.3, 0.4) is 0 Å². The number of carbonyl (C=O) groups excluding carboxylic acids is 1. The molecule has 0 fully saturated rings. The second-order valence-electron chi connectivity index (χ2n) is 3.38. The van der Waals surface area contributed by atoms with Gasteiger partial charge in [-0.1, -0.05) is 13.3 Å². The molecular weight excluding hydrogens is 240 g/mol. The zero-order valence-electron chi connectivity index (χ0n) is 9.59. The molecule has 0 spiro atoms. The minimum atomic E-state index is 0. The van der Waals surface area contributed by atoms with Crippen LogP contribution in [0.4, 0.5) is 0 Å². The van der Waals surface area contributed by atoms with Gasteiger partial charge in [0.1, 0.15) is 0 Å². The van der Waals surface area contributed by atoms with Crippen molar-refractivity contribution in [1.29, 1.82) is 0 Å². The van der Waals surface area contributed by atoms with Crippen molar-refractivity contribution in [1.82, 2.24) is 0 Å². The van der Waals surface area contributed by atoms with Crippen molar-refractivity contribution >= 4 is 5.78 Å². The largest absolute Gasteiger partial charge is 0.748 e. The third-order valence-corrected chi connectivity index (χ3v) is 2.19. The molecule has 2 rings (SSSR count). The molecule has 0 aliphatic rings. The summed E-state index contributed by atoms with van der Waals surface area (Å²) < 4.78 is 0. The molecule has 0 radical (unpaired) electrons. The molecule has 2 aromatic rings. The first-order chi connectivity index (χ1) is 7.24. The van der Waals surface area contributed by atoms with Crippen LogP contribution < -0.4 is 0 Å². The van der Waals surface area contributed by atoms with Crippen LogP contribution in [0.2, 0.25) is 0 Å². The molecule has 0 aromatic heterocycles. The Balaban J connectivity index is 0.000000318. The molecule has 0 atom stereocenters.